The average molecular weight is 383 g/mol. The van der Waals surface area contributed by atoms with Gasteiger partial charge in [-0.15, -0.1) is 0 Å². The molecular formula is C24H30O4. The number of aliphatic hydroxyl groups is 1. The van der Waals surface area contributed by atoms with E-state index in [0.717, 1.165) is 31.1 Å². The Bertz CT molecular complexity index is 956. The van der Waals surface area contributed by atoms with Gasteiger partial charge in [0.1, 0.15) is 11.3 Å². The van der Waals surface area contributed by atoms with Crippen LogP contribution < -0.4 is 10.4 Å². The fraction of sp³-hybridized carbons (Fsp3) is 0.542. The molecule has 2 fully saturated rings. The highest BCUT2D eigenvalue weighted by Gasteiger charge is 2.56. The lowest BCUT2D eigenvalue weighted by Gasteiger charge is -2.59. The molecule has 2 aliphatic carbocycles. The lowest BCUT2D eigenvalue weighted by molar-refractivity contribution is -0.128. The monoisotopic (exact) mass is 382 g/mol. The molecule has 0 unspecified atom stereocenters. The van der Waals surface area contributed by atoms with Crippen molar-refractivity contribution in [3.8, 4) is 5.75 Å². The van der Waals surface area contributed by atoms with E-state index in [1.54, 1.807) is 12.1 Å². The summed E-state index contributed by atoms with van der Waals surface area (Å²) in [5, 5.41) is 11.5. The molecule has 0 amide bonds. The molecule has 0 aliphatic heterocycles. The molecule has 28 heavy (non-hydrogen) atoms. The summed E-state index contributed by atoms with van der Waals surface area (Å²) in [6.07, 6.45) is 3.63. The summed E-state index contributed by atoms with van der Waals surface area (Å²) < 4.78 is 11.5. The van der Waals surface area contributed by atoms with Crippen LogP contribution >= 0.6 is 0 Å². The summed E-state index contributed by atoms with van der Waals surface area (Å²) in [6, 6.07) is 8.80. The fourth-order valence-electron chi connectivity index (χ4n) is 5.78. The Labute approximate surface area is 166 Å². The molecule has 150 valence electrons. The second-order valence-corrected chi connectivity index (χ2v) is 9.45. The zero-order valence-corrected chi connectivity index (χ0v) is 17.0. The van der Waals surface area contributed by atoms with E-state index in [0.29, 0.717) is 23.9 Å². The number of benzene rings is 1. The Kier molecular flexibility index (Phi) is 4.65. The van der Waals surface area contributed by atoms with E-state index < -0.39 is 0 Å². The first-order valence-corrected chi connectivity index (χ1v) is 10.2. The number of hydrogen-bond donors (Lipinski definition) is 1. The number of ether oxygens (including phenoxy) is 1. The van der Waals surface area contributed by atoms with Crippen LogP contribution in [0.1, 0.15) is 46.5 Å². The summed E-state index contributed by atoms with van der Waals surface area (Å²) in [5.41, 5.74) is 1.40. The Balaban J connectivity index is 1.58. The van der Waals surface area contributed by atoms with E-state index in [1.165, 1.54) is 11.6 Å². The van der Waals surface area contributed by atoms with Crippen LogP contribution in [0.3, 0.4) is 0 Å². The Morgan fingerprint density at radius 2 is 1.96 bits per heavy atom. The first-order chi connectivity index (χ1) is 13.2. The molecule has 1 heterocycles. The predicted molar refractivity (Wildman–Crippen MR) is 110 cm³/mol. The van der Waals surface area contributed by atoms with Crippen LogP contribution in [0.15, 0.2) is 51.7 Å². The number of aliphatic hydroxyl groups excluding tert-OH is 1. The predicted octanol–water partition coefficient (Wildman–Crippen LogP) is 4.94. The van der Waals surface area contributed by atoms with Crippen molar-refractivity contribution < 1.29 is 14.3 Å². The maximum absolute atomic E-state index is 11.5. The number of hydrogen-bond acceptors (Lipinski definition) is 4. The Morgan fingerprint density at radius 1 is 1.21 bits per heavy atom. The molecule has 2 saturated carbocycles. The van der Waals surface area contributed by atoms with Gasteiger partial charge in [-0.25, -0.2) is 4.79 Å². The van der Waals surface area contributed by atoms with Crippen LogP contribution in [0.4, 0.5) is 0 Å². The minimum absolute atomic E-state index is 0.0709. The van der Waals surface area contributed by atoms with Gasteiger partial charge in [0.25, 0.3) is 0 Å². The van der Waals surface area contributed by atoms with Crippen LogP contribution in [-0.2, 0) is 0 Å². The minimum Gasteiger partial charge on any atom is -0.493 e. The minimum atomic E-state index is -0.358. The molecule has 0 saturated heterocycles. The SMILES string of the molecule is C=C1CC[C@@H]2C(C)(C)[C@H](O)CC[C@]2(C)[C@H]1COc1ccc2ccc(=O)oc2c1. The first kappa shape index (κ1) is 19.3. The molecule has 0 bridgehead atoms. The van der Waals surface area contributed by atoms with Crippen molar-refractivity contribution in [3.63, 3.8) is 0 Å². The zero-order valence-electron chi connectivity index (χ0n) is 17.0. The quantitative estimate of drug-likeness (QED) is 0.603. The van der Waals surface area contributed by atoms with Gasteiger partial charge >= 0.3 is 5.63 Å². The second-order valence-electron chi connectivity index (χ2n) is 9.45. The zero-order chi connectivity index (χ0) is 20.1. The van der Waals surface area contributed by atoms with Crippen LogP contribution in [0.2, 0.25) is 0 Å². The third-order valence-corrected chi connectivity index (χ3v) is 7.56. The molecular weight excluding hydrogens is 352 g/mol. The van der Waals surface area contributed by atoms with Gasteiger partial charge in [-0.3, -0.25) is 0 Å². The van der Waals surface area contributed by atoms with Gasteiger partial charge in [-0.05, 0) is 60.6 Å². The molecule has 4 atom stereocenters. The number of fused-ring (bicyclic) bond motifs is 2. The maximum atomic E-state index is 11.5. The van der Waals surface area contributed by atoms with Crippen molar-refractivity contribution in [2.45, 2.75) is 52.6 Å². The van der Waals surface area contributed by atoms with E-state index in [4.69, 9.17) is 9.15 Å². The van der Waals surface area contributed by atoms with Crippen molar-refractivity contribution in [1.29, 1.82) is 0 Å². The molecule has 4 heteroatoms. The van der Waals surface area contributed by atoms with Gasteiger partial charge in [-0.1, -0.05) is 32.9 Å². The van der Waals surface area contributed by atoms with E-state index in [9.17, 15) is 9.90 Å². The van der Waals surface area contributed by atoms with Gasteiger partial charge in [0, 0.05) is 23.4 Å². The smallest absolute Gasteiger partial charge is 0.336 e. The normalized spacial score (nSPS) is 32.1. The van der Waals surface area contributed by atoms with Gasteiger partial charge in [0.2, 0.25) is 0 Å². The second kappa shape index (κ2) is 6.77. The molecule has 1 N–H and O–H groups in total. The molecule has 1 aromatic carbocycles. The summed E-state index contributed by atoms with van der Waals surface area (Å²) in [4.78, 5) is 11.5. The molecule has 1 aromatic heterocycles. The molecule has 4 rings (SSSR count). The van der Waals surface area contributed by atoms with Crippen LogP contribution in [-0.4, -0.2) is 17.8 Å². The topological polar surface area (TPSA) is 59.7 Å². The fourth-order valence-corrected chi connectivity index (χ4v) is 5.78. The summed E-state index contributed by atoms with van der Waals surface area (Å²) in [7, 11) is 0. The van der Waals surface area contributed by atoms with Crippen molar-refractivity contribution in [2.75, 3.05) is 6.61 Å². The standard InChI is InChI=1S/C24H30O4/c1-15-5-9-20-23(2,3)21(25)11-12-24(20,4)18(15)14-27-17-8-6-16-7-10-22(26)28-19(16)13-17/h6-8,10,13,18,20-21,25H,1,5,9,11-12,14H2,2-4H3/t18-,20+,21+,24+/m0/s1. The summed E-state index contributed by atoms with van der Waals surface area (Å²) in [5.74, 6) is 1.39. The van der Waals surface area contributed by atoms with Gasteiger partial charge in [0.15, 0.2) is 0 Å². The van der Waals surface area contributed by atoms with E-state index in [-0.39, 0.29) is 28.5 Å². The highest BCUT2D eigenvalue weighted by Crippen LogP contribution is 2.60. The largest absolute Gasteiger partial charge is 0.493 e. The van der Waals surface area contributed by atoms with E-state index >= 15 is 0 Å². The Hall–Kier alpha value is -2.07. The molecule has 2 aliphatic rings. The van der Waals surface area contributed by atoms with Crippen LogP contribution in [0.25, 0.3) is 11.0 Å². The van der Waals surface area contributed by atoms with Crippen molar-refractivity contribution in [1.82, 2.24) is 0 Å². The van der Waals surface area contributed by atoms with Crippen LogP contribution in [0.5, 0.6) is 5.75 Å². The highest BCUT2D eigenvalue weighted by molar-refractivity contribution is 5.77. The Morgan fingerprint density at radius 3 is 2.75 bits per heavy atom. The van der Waals surface area contributed by atoms with Crippen molar-refractivity contribution in [3.05, 3.63) is 52.9 Å². The van der Waals surface area contributed by atoms with Crippen molar-refractivity contribution in [2.24, 2.45) is 22.7 Å². The van der Waals surface area contributed by atoms with Crippen LogP contribution in [0, 0.1) is 22.7 Å². The maximum Gasteiger partial charge on any atom is 0.336 e. The van der Waals surface area contributed by atoms with E-state index in [1.807, 2.05) is 12.1 Å². The number of rotatable bonds is 3. The van der Waals surface area contributed by atoms with Gasteiger partial charge in [-0.2, -0.15) is 0 Å². The summed E-state index contributed by atoms with van der Waals surface area (Å²) in [6.45, 7) is 11.7. The molecule has 0 spiro atoms. The van der Waals surface area contributed by atoms with E-state index in [2.05, 4.69) is 27.4 Å². The third-order valence-electron chi connectivity index (χ3n) is 7.56. The lowest BCUT2D eigenvalue weighted by atomic mass is 9.47. The lowest BCUT2D eigenvalue weighted by Crippen LogP contribution is -2.55. The third kappa shape index (κ3) is 3.08. The molecule has 0 radical (unpaired) electrons. The van der Waals surface area contributed by atoms with Crippen molar-refractivity contribution >= 4 is 11.0 Å². The highest BCUT2D eigenvalue weighted by atomic mass is 16.5. The first-order valence-electron chi connectivity index (χ1n) is 10.2. The van der Waals surface area contributed by atoms with Gasteiger partial charge in [0.05, 0.1) is 12.7 Å². The van der Waals surface area contributed by atoms with Gasteiger partial charge < -0.3 is 14.3 Å². The molecule has 2 aromatic rings. The summed E-state index contributed by atoms with van der Waals surface area (Å²) >= 11 is 0. The average Bonchev–Trinajstić information content (AvgIpc) is 2.64. The molecule has 4 nitrogen and oxygen atoms in total.